The molecule has 0 saturated carbocycles. The van der Waals surface area contributed by atoms with Crippen LogP contribution in [0.1, 0.15) is 0 Å². The Bertz CT molecular complexity index is 812. The number of nitrogens with one attached hydrogen (secondary N) is 2. The van der Waals surface area contributed by atoms with Gasteiger partial charge >= 0.3 is 0 Å². The Balaban J connectivity index is 2.10. The fourth-order valence-corrected chi connectivity index (χ4v) is 1.88. The number of carbonyl (C=O) groups is 1. The molecular weight excluding hydrogens is 316 g/mol. The van der Waals surface area contributed by atoms with Gasteiger partial charge in [0.1, 0.15) is 17.4 Å². The summed E-state index contributed by atoms with van der Waals surface area (Å²) in [5.41, 5.74) is 6.81. The highest BCUT2D eigenvalue weighted by Crippen LogP contribution is 2.23. The lowest BCUT2D eigenvalue weighted by atomic mass is 10.2. The molecule has 0 radical (unpaired) electrons. The summed E-state index contributed by atoms with van der Waals surface area (Å²) in [6.07, 6.45) is 1.25. The quantitative estimate of drug-likeness (QED) is 0.391. The third kappa shape index (κ3) is 4.40. The van der Waals surface area contributed by atoms with Gasteiger partial charge in [-0.1, -0.05) is 17.7 Å². The first kappa shape index (κ1) is 16.2. The first-order valence-corrected chi connectivity index (χ1v) is 6.89. The van der Waals surface area contributed by atoms with Crippen LogP contribution in [0.2, 0.25) is 5.02 Å². The summed E-state index contributed by atoms with van der Waals surface area (Å²) in [5, 5.41) is 24.1. The number of carbonyl (C=O) groups excluding carboxylic acids is 1. The molecule has 0 heterocycles. The van der Waals surface area contributed by atoms with Crippen molar-refractivity contribution >= 4 is 34.6 Å². The van der Waals surface area contributed by atoms with Gasteiger partial charge in [-0.15, -0.1) is 0 Å². The minimum Gasteiger partial charge on any atom is -0.508 e. The van der Waals surface area contributed by atoms with Gasteiger partial charge < -0.3 is 21.5 Å². The zero-order chi connectivity index (χ0) is 16.8. The van der Waals surface area contributed by atoms with E-state index in [4.69, 9.17) is 22.6 Å². The molecular formula is C16H13ClN4O2. The summed E-state index contributed by atoms with van der Waals surface area (Å²) in [7, 11) is 0. The number of nitrogens with two attached hydrogens (primary N) is 1. The number of halogens is 1. The van der Waals surface area contributed by atoms with Crippen LogP contribution >= 0.6 is 11.6 Å². The third-order valence-corrected chi connectivity index (χ3v) is 3.18. The Morgan fingerprint density at radius 2 is 2.04 bits per heavy atom. The molecule has 1 amide bonds. The second kappa shape index (κ2) is 7.20. The summed E-state index contributed by atoms with van der Waals surface area (Å²) in [4.78, 5) is 12.1. The summed E-state index contributed by atoms with van der Waals surface area (Å²) in [6, 6.07) is 12.7. The lowest BCUT2D eigenvalue weighted by molar-refractivity contribution is -0.112. The van der Waals surface area contributed by atoms with Crippen molar-refractivity contribution in [2.24, 2.45) is 0 Å². The zero-order valence-electron chi connectivity index (χ0n) is 11.9. The van der Waals surface area contributed by atoms with Crippen LogP contribution in [0, 0.1) is 11.3 Å². The van der Waals surface area contributed by atoms with Crippen LogP contribution in [-0.4, -0.2) is 11.0 Å². The molecule has 23 heavy (non-hydrogen) atoms. The van der Waals surface area contributed by atoms with Crippen LogP contribution in [0.4, 0.5) is 17.1 Å². The average Bonchev–Trinajstić information content (AvgIpc) is 2.51. The molecule has 0 bridgehead atoms. The number of benzene rings is 2. The maximum atomic E-state index is 12.1. The van der Waals surface area contributed by atoms with Crippen LogP contribution < -0.4 is 16.4 Å². The number of phenols is 1. The molecule has 0 fully saturated rings. The molecule has 0 aromatic heterocycles. The number of hydrogen-bond donors (Lipinski definition) is 4. The van der Waals surface area contributed by atoms with Crippen molar-refractivity contribution < 1.29 is 9.90 Å². The standard InChI is InChI=1S/C16H13ClN4O2/c17-14-7-12(4-5-15(14)19)21-16(23)10(8-18)9-20-11-2-1-3-13(22)6-11/h1-7,9,20,22H,19H2,(H,21,23)/b10-9-. The molecule has 7 heteroatoms. The highest BCUT2D eigenvalue weighted by atomic mass is 35.5. The normalized spacial score (nSPS) is 10.7. The molecule has 116 valence electrons. The maximum Gasteiger partial charge on any atom is 0.267 e. The van der Waals surface area contributed by atoms with E-state index < -0.39 is 5.91 Å². The lowest BCUT2D eigenvalue weighted by Crippen LogP contribution is -2.14. The van der Waals surface area contributed by atoms with E-state index in [1.54, 1.807) is 30.3 Å². The molecule has 2 rings (SSSR count). The van der Waals surface area contributed by atoms with Crippen LogP contribution in [0.25, 0.3) is 0 Å². The Kier molecular flexibility index (Phi) is 5.07. The van der Waals surface area contributed by atoms with Crippen molar-refractivity contribution in [3.8, 4) is 11.8 Å². The van der Waals surface area contributed by atoms with E-state index in [1.165, 1.54) is 24.4 Å². The van der Waals surface area contributed by atoms with Gasteiger partial charge in [0.25, 0.3) is 5.91 Å². The van der Waals surface area contributed by atoms with Gasteiger partial charge in [0, 0.05) is 23.6 Å². The molecule has 0 aliphatic carbocycles. The molecule has 0 atom stereocenters. The predicted octanol–water partition coefficient (Wildman–Crippen LogP) is 3.09. The molecule has 6 nitrogen and oxygen atoms in total. The van der Waals surface area contributed by atoms with Crippen molar-refractivity contribution in [2.75, 3.05) is 16.4 Å². The van der Waals surface area contributed by atoms with E-state index >= 15 is 0 Å². The molecule has 5 N–H and O–H groups in total. The van der Waals surface area contributed by atoms with Gasteiger partial charge in [-0.05, 0) is 30.3 Å². The van der Waals surface area contributed by atoms with Gasteiger partial charge in [0.2, 0.25) is 0 Å². The molecule has 2 aromatic carbocycles. The number of anilines is 3. The van der Waals surface area contributed by atoms with Gasteiger partial charge in [-0.2, -0.15) is 5.26 Å². The van der Waals surface area contributed by atoms with Gasteiger partial charge in [-0.25, -0.2) is 0 Å². The Morgan fingerprint density at radius 1 is 1.26 bits per heavy atom. The molecule has 0 unspecified atom stereocenters. The summed E-state index contributed by atoms with van der Waals surface area (Å²) in [6.45, 7) is 0. The Morgan fingerprint density at radius 3 is 2.70 bits per heavy atom. The van der Waals surface area contributed by atoms with Gasteiger partial charge in [-0.3, -0.25) is 4.79 Å². The molecule has 2 aromatic rings. The van der Waals surface area contributed by atoms with Crippen LogP contribution in [0.3, 0.4) is 0 Å². The third-order valence-electron chi connectivity index (χ3n) is 2.85. The Labute approximate surface area is 137 Å². The molecule has 0 spiro atoms. The fourth-order valence-electron chi connectivity index (χ4n) is 1.70. The summed E-state index contributed by atoms with van der Waals surface area (Å²) < 4.78 is 0. The van der Waals surface area contributed by atoms with E-state index in [2.05, 4.69) is 10.6 Å². The summed E-state index contributed by atoms with van der Waals surface area (Å²) >= 11 is 5.87. The van der Waals surface area contributed by atoms with E-state index in [0.29, 0.717) is 22.1 Å². The highest BCUT2D eigenvalue weighted by Gasteiger charge is 2.10. The van der Waals surface area contributed by atoms with Gasteiger partial charge in [0.05, 0.1) is 10.7 Å². The van der Waals surface area contributed by atoms with Crippen LogP contribution in [0.15, 0.2) is 54.2 Å². The van der Waals surface area contributed by atoms with Crippen LogP contribution in [-0.2, 0) is 4.79 Å². The smallest absolute Gasteiger partial charge is 0.267 e. The number of aromatic hydroxyl groups is 1. The van der Waals surface area contributed by atoms with Crippen LogP contribution in [0.5, 0.6) is 5.75 Å². The van der Waals surface area contributed by atoms with E-state index in [0.717, 1.165) is 0 Å². The number of hydrogen-bond acceptors (Lipinski definition) is 5. The fraction of sp³-hybridized carbons (Fsp3) is 0. The predicted molar refractivity (Wildman–Crippen MR) is 89.9 cm³/mol. The van der Waals surface area contributed by atoms with Gasteiger partial charge in [0.15, 0.2) is 0 Å². The monoisotopic (exact) mass is 328 g/mol. The van der Waals surface area contributed by atoms with Crippen molar-refractivity contribution in [1.82, 2.24) is 0 Å². The molecule has 0 aliphatic rings. The lowest BCUT2D eigenvalue weighted by Gasteiger charge is -2.07. The van der Waals surface area contributed by atoms with Crippen molar-refractivity contribution in [3.63, 3.8) is 0 Å². The zero-order valence-corrected chi connectivity index (χ0v) is 12.6. The number of rotatable bonds is 4. The minimum absolute atomic E-state index is 0.0721. The topological polar surface area (TPSA) is 111 Å². The van der Waals surface area contributed by atoms with Crippen molar-refractivity contribution in [1.29, 1.82) is 5.26 Å². The first-order valence-electron chi connectivity index (χ1n) is 6.52. The molecule has 0 aliphatic heterocycles. The number of nitriles is 1. The average molecular weight is 329 g/mol. The minimum atomic E-state index is -0.596. The number of nitrogens with zero attached hydrogens (tertiary/aromatic N) is 1. The highest BCUT2D eigenvalue weighted by molar-refractivity contribution is 6.33. The summed E-state index contributed by atoms with van der Waals surface area (Å²) in [5.74, 6) is -0.524. The van der Waals surface area contributed by atoms with E-state index in [-0.39, 0.29) is 11.3 Å². The van der Waals surface area contributed by atoms with E-state index in [9.17, 15) is 9.90 Å². The first-order chi connectivity index (χ1) is 11.0. The number of amides is 1. The largest absolute Gasteiger partial charge is 0.508 e. The maximum absolute atomic E-state index is 12.1. The SMILES string of the molecule is N#C/C(=C/Nc1cccc(O)c1)C(=O)Nc1ccc(N)c(Cl)c1. The molecule has 0 saturated heterocycles. The Hall–Kier alpha value is -3.17. The number of nitrogen functional groups attached to an aromatic ring is 1. The second-order valence-electron chi connectivity index (χ2n) is 4.55. The van der Waals surface area contributed by atoms with E-state index in [1.807, 2.05) is 0 Å². The number of phenolic OH excluding ortho intramolecular Hbond substituents is 1. The van der Waals surface area contributed by atoms with Crippen molar-refractivity contribution in [2.45, 2.75) is 0 Å². The van der Waals surface area contributed by atoms with Crippen molar-refractivity contribution in [3.05, 3.63) is 59.3 Å². The second-order valence-corrected chi connectivity index (χ2v) is 4.96.